The third kappa shape index (κ3) is 7.83. The number of aromatic nitrogens is 1. The number of methoxy groups -OCH3 is 1. The van der Waals surface area contributed by atoms with Crippen LogP contribution in [0.1, 0.15) is 56.0 Å². The fraction of sp³-hybridized carbons (Fsp3) is 0.433. The number of nitrogens with zero attached hydrogens (tertiary/aromatic N) is 2. The number of likely N-dealkylation sites (tertiary alicyclic amines) is 1. The Hall–Kier alpha value is -3.85. The molecule has 0 spiro atoms. The Kier molecular flexibility index (Phi) is 9.24. The van der Waals surface area contributed by atoms with E-state index in [1.165, 1.54) is 0 Å². The number of fused-ring (bicyclic) bond motifs is 1. The number of benzene rings is 2. The minimum Gasteiger partial charge on any atom is -0.497 e. The normalized spacial score (nSPS) is 14.2. The zero-order valence-corrected chi connectivity index (χ0v) is 23.2. The topological polar surface area (TPSA) is 102 Å². The number of amides is 2. The molecule has 0 saturated carbocycles. The molecule has 1 saturated heterocycles. The van der Waals surface area contributed by atoms with E-state index in [1.807, 2.05) is 69.3 Å². The zero-order valence-electron chi connectivity index (χ0n) is 23.2. The predicted molar refractivity (Wildman–Crippen MR) is 151 cm³/mol. The lowest BCUT2D eigenvalue weighted by Gasteiger charge is -2.33. The van der Waals surface area contributed by atoms with E-state index in [0.29, 0.717) is 42.6 Å². The second-order valence-electron chi connectivity index (χ2n) is 10.8. The Morgan fingerprint density at radius 2 is 1.82 bits per heavy atom. The summed E-state index contributed by atoms with van der Waals surface area (Å²) in [7, 11) is 1.61. The van der Waals surface area contributed by atoms with Gasteiger partial charge in [0.1, 0.15) is 11.4 Å². The summed E-state index contributed by atoms with van der Waals surface area (Å²) >= 11 is 0. The average molecular weight is 535 g/mol. The summed E-state index contributed by atoms with van der Waals surface area (Å²) in [6.45, 7) is 7.93. The Morgan fingerprint density at radius 1 is 1.08 bits per heavy atom. The zero-order chi connectivity index (χ0) is 27.8. The van der Waals surface area contributed by atoms with Gasteiger partial charge in [0.2, 0.25) is 0 Å². The van der Waals surface area contributed by atoms with Gasteiger partial charge in [-0.3, -0.25) is 14.6 Å². The van der Waals surface area contributed by atoms with Crippen LogP contribution in [0.4, 0.5) is 10.5 Å². The van der Waals surface area contributed by atoms with Gasteiger partial charge in [-0.25, -0.2) is 10.3 Å². The number of nitrogens with one attached hydrogen (secondary N) is 2. The maximum Gasteiger partial charge on any atom is 0.410 e. The van der Waals surface area contributed by atoms with Gasteiger partial charge < -0.3 is 19.7 Å². The molecule has 3 aromatic rings. The first kappa shape index (κ1) is 28.2. The van der Waals surface area contributed by atoms with Crippen molar-refractivity contribution in [3.05, 3.63) is 65.9 Å². The largest absolute Gasteiger partial charge is 0.497 e. The van der Waals surface area contributed by atoms with Crippen molar-refractivity contribution in [3.63, 3.8) is 0 Å². The summed E-state index contributed by atoms with van der Waals surface area (Å²) in [5.41, 5.74) is 4.84. The molecule has 2 aromatic carbocycles. The maximum atomic E-state index is 13.1. The number of pyridine rings is 1. The third-order valence-corrected chi connectivity index (χ3v) is 6.69. The van der Waals surface area contributed by atoms with E-state index in [4.69, 9.17) is 14.3 Å². The summed E-state index contributed by atoms with van der Waals surface area (Å²) < 4.78 is 10.9. The van der Waals surface area contributed by atoms with Gasteiger partial charge in [-0.1, -0.05) is 30.3 Å². The van der Waals surface area contributed by atoms with Gasteiger partial charge in [0.05, 0.1) is 30.5 Å². The van der Waals surface area contributed by atoms with Crippen molar-refractivity contribution in [1.82, 2.24) is 15.4 Å². The van der Waals surface area contributed by atoms with E-state index in [0.717, 1.165) is 35.7 Å². The number of hydrogen-bond acceptors (Lipinski definition) is 7. The molecule has 2 N–H and O–H groups in total. The van der Waals surface area contributed by atoms with E-state index in [2.05, 4.69) is 15.8 Å². The molecule has 2 heterocycles. The minimum absolute atomic E-state index is 0.249. The number of hydroxylamine groups is 1. The molecule has 1 aromatic heterocycles. The van der Waals surface area contributed by atoms with Crippen molar-refractivity contribution in [1.29, 1.82) is 0 Å². The lowest BCUT2D eigenvalue weighted by Crippen LogP contribution is -2.41. The van der Waals surface area contributed by atoms with E-state index < -0.39 is 5.60 Å². The monoisotopic (exact) mass is 534 g/mol. The summed E-state index contributed by atoms with van der Waals surface area (Å²) in [6, 6.07) is 15.2. The molecule has 1 fully saturated rings. The molecular formula is C30H38N4O5. The minimum atomic E-state index is -0.496. The third-order valence-electron chi connectivity index (χ3n) is 6.69. The van der Waals surface area contributed by atoms with Crippen LogP contribution in [0, 0.1) is 5.92 Å². The van der Waals surface area contributed by atoms with Gasteiger partial charge in [0.15, 0.2) is 0 Å². The highest BCUT2D eigenvalue weighted by Crippen LogP contribution is 2.30. The second-order valence-corrected chi connectivity index (χ2v) is 10.8. The molecule has 0 aliphatic carbocycles. The molecule has 9 heteroatoms. The molecule has 2 amide bonds. The Morgan fingerprint density at radius 3 is 2.51 bits per heavy atom. The number of anilines is 1. The number of ether oxygens (including phenoxy) is 2. The van der Waals surface area contributed by atoms with Crippen molar-refractivity contribution < 1.29 is 23.9 Å². The molecule has 1 aliphatic rings. The Balaban J connectivity index is 1.40. The van der Waals surface area contributed by atoms with E-state index in [1.54, 1.807) is 18.2 Å². The number of rotatable bonds is 9. The van der Waals surface area contributed by atoms with Crippen LogP contribution in [-0.4, -0.2) is 54.2 Å². The lowest BCUT2D eigenvalue weighted by molar-refractivity contribution is 0.0182. The molecular weight excluding hydrogens is 496 g/mol. The van der Waals surface area contributed by atoms with Crippen molar-refractivity contribution in [2.75, 3.05) is 32.1 Å². The standard InChI is InChI=1S/C30H38N4O5/c1-30(2,3)39-29(36)34-16-13-21(14-17-34)12-15-31-27-24-18-23(37-4)10-11-26(24)32-19-25(27)28(35)33-38-20-22-8-6-5-7-9-22/h5-11,18-19,21H,12-17,20H2,1-4H3,(H,31,32)(H,33,35). The highest BCUT2D eigenvalue weighted by molar-refractivity contribution is 6.07. The quantitative estimate of drug-likeness (QED) is 0.347. The summed E-state index contributed by atoms with van der Waals surface area (Å²) in [4.78, 5) is 37.3. The van der Waals surface area contributed by atoms with Crippen molar-refractivity contribution in [3.8, 4) is 5.75 Å². The van der Waals surface area contributed by atoms with Gasteiger partial charge >= 0.3 is 6.09 Å². The molecule has 0 atom stereocenters. The summed E-state index contributed by atoms with van der Waals surface area (Å²) in [5.74, 6) is 0.765. The van der Waals surface area contributed by atoms with E-state index in [9.17, 15) is 9.59 Å². The molecule has 208 valence electrons. The number of carbonyl (C=O) groups excluding carboxylic acids is 2. The average Bonchev–Trinajstić information content (AvgIpc) is 2.92. The van der Waals surface area contributed by atoms with Crippen LogP contribution in [0.3, 0.4) is 0 Å². The predicted octanol–water partition coefficient (Wildman–Crippen LogP) is 5.55. The van der Waals surface area contributed by atoms with Crippen LogP contribution in [0.25, 0.3) is 10.9 Å². The summed E-state index contributed by atoms with van der Waals surface area (Å²) in [5, 5.41) is 4.29. The molecule has 1 aliphatic heterocycles. The molecule has 39 heavy (non-hydrogen) atoms. The molecule has 9 nitrogen and oxygen atoms in total. The lowest BCUT2D eigenvalue weighted by atomic mass is 9.93. The number of carbonyl (C=O) groups is 2. The smallest absolute Gasteiger partial charge is 0.410 e. The van der Waals surface area contributed by atoms with Crippen LogP contribution in [0.2, 0.25) is 0 Å². The van der Waals surface area contributed by atoms with E-state index in [-0.39, 0.29) is 18.6 Å². The van der Waals surface area contributed by atoms with Gasteiger partial charge in [-0.05, 0) is 69.7 Å². The SMILES string of the molecule is COc1ccc2ncc(C(=O)NOCc3ccccc3)c(NCCC3CCN(C(=O)OC(C)(C)C)CC3)c2c1. The maximum absolute atomic E-state index is 13.1. The number of hydrogen-bond donors (Lipinski definition) is 2. The first-order chi connectivity index (χ1) is 18.7. The molecule has 0 radical (unpaired) electrons. The first-order valence-corrected chi connectivity index (χ1v) is 13.4. The highest BCUT2D eigenvalue weighted by Gasteiger charge is 2.27. The van der Waals surface area contributed by atoms with Gasteiger partial charge in [0.25, 0.3) is 5.91 Å². The van der Waals surface area contributed by atoms with Crippen LogP contribution < -0.4 is 15.5 Å². The Labute approximate surface area is 229 Å². The Bertz CT molecular complexity index is 1270. The number of piperidine rings is 1. The van der Waals surface area contributed by atoms with Crippen LogP contribution in [0.5, 0.6) is 5.75 Å². The highest BCUT2D eigenvalue weighted by atomic mass is 16.6. The van der Waals surface area contributed by atoms with Crippen LogP contribution >= 0.6 is 0 Å². The molecule has 0 bridgehead atoms. The molecule has 4 rings (SSSR count). The van der Waals surface area contributed by atoms with Gasteiger partial charge in [-0.15, -0.1) is 0 Å². The van der Waals surface area contributed by atoms with Gasteiger partial charge in [-0.2, -0.15) is 0 Å². The van der Waals surface area contributed by atoms with Crippen molar-refractivity contribution in [2.45, 2.75) is 52.2 Å². The fourth-order valence-electron chi connectivity index (χ4n) is 4.61. The second kappa shape index (κ2) is 12.8. The van der Waals surface area contributed by atoms with Gasteiger partial charge in [0, 0.05) is 31.2 Å². The first-order valence-electron chi connectivity index (χ1n) is 13.4. The summed E-state index contributed by atoms with van der Waals surface area (Å²) in [6.07, 6.45) is 4.04. The van der Waals surface area contributed by atoms with Crippen molar-refractivity contribution >= 4 is 28.6 Å². The van der Waals surface area contributed by atoms with E-state index >= 15 is 0 Å². The molecule has 0 unspecified atom stereocenters. The fourth-order valence-corrected chi connectivity index (χ4v) is 4.61. The van der Waals surface area contributed by atoms with Crippen molar-refractivity contribution in [2.24, 2.45) is 5.92 Å². The van der Waals surface area contributed by atoms with Crippen LogP contribution in [0.15, 0.2) is 54.7 Å². The van der Waals surface area contributed by atoms with Crippen LogP contribution in [-0.2, 0) is 16.2 Å².